The molecule has 0 saturated carbocycles. The lowest BCUT2D eigenvalue weighted by Gasteiger charge is -2.32. The maximum atomic E-state index is 10.7. The van der Waals surface area contributed by atoms with Gasteiger partial charge in [0.05, 0.1) is 5.25 Å². The minimum Gasteiger partial charge on any atom is -0.245 e. The van der Waals surface area contributed by atoms with E-state index in [0.29, 0.717) is 13.1 Å². The van der Waals surface area contributed by atoms with Crippen LogP contribution < -0.4 is 0 Å². The third kappa shape index (κ3) is 1.78. The molecular formula is C4H8INO2S. The molecule has 0 radical (unpaired) electrons. The number of sulfone groups is 1. The maximum Gasteiger partial charge on any atom is 0.152 e. The summed E-state index contributed by atoms with van der Waals surface area (Å²) >= 11 is 2.12. The zero-order chi connectivity index (χ0) is 7.07. The molecule has 0 aromatic rings. The Labute approximate surface area is 68.8 Å². The van der Waals surface area contributed by atoms with Crippen LogP contribution in [0.5, 0.6) is 0 Å². The van der Waals surface area contributed by atoms with Crippen LogP contribution >= 0.6 is 22.9 Å². The lowest BCUT2D eigenvalue weighted by atomic mass is 10.3. The Kier molecular flexibility index (Phi) is 2.02. The molecule has 0 N–H and O–H groups in total. The summed E-state index contributed by atoms with van der Waals surface area (Å²) in [6.45, 7) is 1.39. The molecule has 0 amide bonds. The van der Waals surface area contributed by atoms with Crippen molar-refractivity contribution < 1.29 is 8.42 Å². The molecule has 1 fully saturated rings. The Balaban J connectivity index is 2.51. The molecule has 1 rings (SSSR count). The monoisotopic (exact) mass is 261 g/mol. The molecule has 0 aromatic carbocycles. The number of rotatable bonds is 1. The summed E-state index contributed by atoms with van der Waals surface area (Å²) in [6.07, 6.45) is 1.29. The molecule has 0 atom stereocenters. The van der Waals surface area contributed by atoms with Gasteiger partial charge in [-0.15, -0.1) is 0 Å². The number of hydrogen-bond donors (Lipinski definition) is 0. The SMILES string of the molecule is CS(=O)(=O)C1CN(I)C1. The fraction of sp³-hybridized carbons (Fsp3) is 1.00. The van der Waals surface area contributed by atoms with Gasteiger partial charge in [-0.25, -0.2) is 11.5 Å². The highest BCUT2D eigenvalue weighted by molar-refractivity contribution is 14.1. The second-order valence-corrected chi connectivity index (χ2v) is 5.97. The molecule has 1 aliphatic rings. The molecule has 9 heavy (non-hydrogen) atoms. The van der Waals surface area contributed by atoms with E-state index < -0.39 is 9.84 Å². The fourth-order valence-electron chi connectivity index (χ4n) is 0.659. The van der Waals surface area contributed by atoms with Crippen molar-refractivity contribution in [2.24, 2.45) is 0 Å². The van der Waals surface area contributed by atoms with Crippen LogP contribution in [0.15, 0.2) is 0 Å². The third-order valence-electron chi connectivity index (χ3n) is 1.41. The predicted octanol–water partition coefficient (Wildman–Crippen LogP) is 0.0652. The molecule has 5 heteroatoms. The summed E-state index contributed by atoms with van der Waals surface area (Å²) in [7, 11) is -2.75. The van der Waals surface area contributed by atoms with Crippen molar-refractivity contribution in [2.45, 2.75) is 5.25 Å². The summed E-state index contributed by atoms with van der Waals surface area (Å²) in [4.78, 5) is 0. The van der Waals surface area contributed by atoms with Crippen LogP contribution in [0.3, 0.4) is 0 Å². The van der Waals surface area contributed by atoms with Gasteiger partial charge in [0.1, 0.15) is 0 Å². The van der Waals surface area contributed by atoms with E-state index in [2.05, 4.69) is 22.9 Å². The normalized spacial score (nSPS) is 23.8. The Morgan fingerprint density at radius 2 is 2.00 bits per heavy atom. The Morgan fingerprint density at radius 1 is 1.56 bits per heavy atom. The average Bonchev–Trinajstić information content (AvgIpc) is 1.55. The van der Waals surface area contributed by atoms with Gasteiger partial charge >= 0.3 is 0 Å². The Hall–Kier alpha value is 0.640. The molecule has 0 unspecified atom stereocenters. The van der Waals surface area contributed by atoms with Crippen LogP contribution in [0.4, 0.5) is 0 Å². The lowest BCUT2D eigenvalue weighted by molar-refractivity contribution is 0.373. The van der Waals surface area contributed by atoms with Crippen molar-refractivity contribution in [3.63, 3.8) is 0 Å². The van der Waals surface area contributed by atoms with E-state index in [1.54, 1.807) is 0 Å². The summed E-state index contributed by atoms with van der Waals surface area (Å²) in [5.74, 6) is 0. The Morgan fingerprint density at radius 3 is 2.11 bits per heavy atom. The van der Waals surface area contributed by atoms with E-state index >= 15 is 0 Å². The lowest BCUT2D eigenvalue weighted by Crippen LogP contribution is -2.48. The summed E-state index contributed by atoms with van der Waals surface area (Å²) in [5.41, 5.74) is 0. The fourth-order valence-corrected chi connectivity index (χ4v) is 3.05. The van der Waals surface area contributed by atoms with Crippen molar-refractivity contribution in [2.75, 3.05) is 19.3 Å². The van der Waals surface area contributed by atoms with Crippen molar-refractivity contribution in [3.8, 4) is 0 Å². The predicted molar refractivity (Wildman–Crippen MR) is 44.2 cm³/mol. The van der Waals surface area contributed by atoms with E-state index in [1.807, 2.05) is 3.11 Å². The van der Waals surface area contributed by atoms with Gasteiger partial charge in [0.25, 0.3) is 0 Å². The quantitative estimate of drug-likeness (QED) is 0.495. The van der Waals surface area contributed by atoms with Gasteiger partial charge in [-0.2, -0.15) is 0 Å². The van der Waals surface area contributed by atoms with Gasteiger partial charge in [0.2, 0.25) is 0 Å². The molecule has 0 spiro atoms. The molecule has 0 bridgehead atoms. The zero-order valence-corrected chi connectivity index (χ0v) is 8.02. The Bertz CT molecular complexity index is 195. The first-order chi connectivity index (χ1) is 4.00. The van der Waals surface area contributed by atoms with Crippen LogP contribution in [0.1, 0.15) is 0 Å². The van der Waals surface area contributed by atoms with Crippen LogP contribution in [-0.4, -0.2) is 36.1 Å². The maximum absolute atomic E-state index is 10.7. The molecule has 0 aliphatic carbocycles. The summed E-state index contributed by atoms with van der Waals surface area (Å²) in [5, 5.41) is -0.102. The number of hydrogen-bond acceptors (Lipinski definition) is 3. The standard InChI is InChI=1S/C4H8INO2S/c1-9(7,8)4-2-6(5)3-4/h4H,2-3H2,1H3. The second kappa shape index (κ2) is 2.35. The number of halogens is 1. The first-order valence-electron chi connectivity index (χ1n) is 2.60. The van der Waals surface area contributed by atoms with Gasteiger partial charge < -0.3 is 0 Å². The molecular weight excluding hydrogens is 253 g/mol. The van der Waals surface area contributed by atoms with Gasteiger partial charge in [0.15, 0.2) is 9.84 Å². The second-order valence-electron chi connectivity index (χ2n) is 2.28. The van der Waals surface area contributed by atoms with Crippen LogP contribution in [0.2, 0.25) is 0 Å². The van der Waals surface area contributed by atoms with E-state index in [4.69, 9.17) is 0 Å². The summed E-state index contributed by atoms with van der Waals surface area (Å²) in [6, 6.07) is 0. The average molecular weight is 261 g/mol. The highest BCUT2D eigenvalue weighted by Gasteiger charge is 2.32. The van der Waals surface area contributed by atoms with Crippen molar-refractivity contribution in [3.05, 3.63) is 0 Å². The first-order valence-corrected chi connectivity index (χ1v) is 5.51. The summed E-state index contributed by atoms with van der Waals surface area (Å²) < 4.78 is 23.4. The van der Waals surface area contributed by atoms with Gasteiger partial charge in [-0.1, -0.05) is 0 Å². The molecule has 54 valence electrons. The van der Waals surface area contributed by atoms with Crippen molar-refractivity contribution >= 4 is 32.7 Å². The van der Waals surface area contributed by atoms with E-state index in [1.165, 1.54) is 6.26 Å². The van der Waals surface area contributed by atoms with Crippen LogP contribution in [0, 0.1) is 0 Å². The zero-order valence-electron chi connectivity index (χ0n) is 5.04. The number of nitrogens with zero attached hydrogens (tertiary/aromatic N) is 1. The minimum atomic E-state index is -2.75. The van der Waals surface area contributed by atoms with E-state index in [0.717, 1.165) is 0 Å². The highest BCUT2D eigenvalue weighted by atomic mass is 127. The first kappa shape index (κ1) is 7.74. The largest absolute Gasteiger partial charge is 0.245 e. The third-order valence-corrected chi connectivity index (χ3v) is 3.71. The van der Waals surface area contributed by atoms with Crippen LogP contribution in [0.25, 0.3) is 0 Å². The van der Waals surface area contributed by atoms with Crippen LogP contribution in [-0.2, 0) is 9.84 Å². The molecule has 3 nitrogen and oxygen atoms in total. The highest BCUT2D eigenvalue weighted by Crippen LogP contribution is 2.18. The molecule has 1 heterocycles. The molecule has 1 aliphatic heterocycles. The molecule has 0 aromatic heterocycles. The van der Waals surface area contributed by atoms with Crippen molar-refractivity contribution in [1.82, 2.24) is 3.11 Å². The van der Waals surface area contributed by atoms with Gasteiger partial charge in [-0.3, -0.25) is 0 Å². The van der Waals surface area contributed by atoms with Gasteiger partial charge in [0, 0.05) is 42.2 Å². The van der Waals surface area contributed by atoms with E-state index in [9.17, 15) is 8.42 Å². The topological polar surface area (TPSA) is 37.4 Å². The van der Waals surface area contributed by atoms with E-state index in [-0.39, 0.29) is 5.25 Å². The smallest absolute Gasteiger partial charge is 0.152 e. The van der Waals surface area contributed by atoms with Crippen molar-refractivity contribution in [1.29, 1.82) is 0 Å². The van der Waals surface area contributed by atoms with Gasteiger partial charge in [-0.05, 0) is 0 Å². The molecule has 1 saturated heterocycles. The minimum absolute atomic E-state index is 0.102.